The predicted octanol–water partition coefficient (Wildman–Crippen LogP) is 2.59. The largest absolute Gasteiger partial charge is 0.486 e. The van der Waals surface area contributed by atoms with Gasteiger partial charge in [-0.3, -0.25) is 0 Å². The van der Waals surface area contributed by atoms with Crippen molar-refractivity contribution >= 4 is 0 Å². The van der Waals surface area contributed by atoms with E-state index < -0.39 is 5.60 Å². The highest BCUT2D eigenvalue weighted by Gasteiger charge is 2.23. The Kier molecular flexibility index (Phi) is 4.50. The Hall–Kier alpha value is -2.11. The van der Waals surface area contributed by atoms with Crippen molar-refractivity contribution in [3.63, 3.8) is 0 Å². The van der Waals surface area contributed by atoms with Crippen LogP contribution in [-0.2, 0) is 12.1 Å². The Morgan fingerprint density at radius 1 is 1.13 bits per heavy atom. The number of ether oxygens (including phenoxy) is 2. The lowest BCUT2D eigenvalue weighted by atomic mass is 9.96. The summed E-state index contributed by atoms with van der Waals surface area (Å²) >= 11 is 0. The molecule has 0 spiro atoms. The van der Waals surface area contributed by atoms with Gasteiger partial charge in [0.05, 0.1) is 5.60 Å². The first-order valence-corrected chi connectivity index (χ1v) is 7.63. The molecule has 1 aliphatic rings. The molecule has 1 heterocycles. The zero-order chi connectivity index (χ0) is 16.3. The molecule has 2 aromatic rings. The molecule has 2 N–H and O–H groups in total. The summed E-state index contributed by atoms with van der Waals surface area (Å²) in [5.41, 5.74) is 0.568. The normalized spacial score (nSPS) is 16.0. The van der Waals surface area contributed by atoms with E-state index in [9.17, 15) is 9.50 Å². The number of para-hydroxylation sites is 1. The Balaban J connectivity index is 1.64. The molecule has 0 bridgehead atoms. The van der Waals surface area contributed by atoms with Gasteiger partial charge in [-0.25, -0.2) is 4.39 Å². The number of nitrogens with one attached hydrogen (secondary N) is 1. The van der Waals surface area contributed by atoms with Gasteiger partial charge >= 0.3 is 0 Å². The number of benzene rings is 2. The molecule has 0 radical (unpaired) electrons. The van der Waals surface area contributed by atoms with Crippen LogP contribution in [0.25, 0.3) is 0 Å². The molecule has 4 nitrogen and oxygen atoms in total. The van der Waals surface area contributed by atoms with Crippen LogP contribution in [0, 0.1) is 5.82 Å². The first kappa shape index (κ1) is 15.8. The van der Waals surface area contributed by atoms with E-state index in [0.29, 0.717) is 31.9 Å². The van der Waals surface area contributed by atoms with Crippen molar-refractivity contribution in [3.05, 3.63) is 59.4 Å². The van der Waals surface area contributed by atoms with Crippen molar-refractivity contribution in [2.45, 2.75) is 19.1 Å². The summed E-state index contributed by atoms with van der Waals surface area (Å²) in [6, 6.07) is 11.7. The summed E-state index contributed by atoms with van der Waals surface area (Å²) in [6.07, 6.45) is 0. The Labute approximate surface area is 134 Å². The molecule has 122 valence electrons. The van der Waals surface area contributed by atoms with Crippen LogP contribution in [-0.4, -0.2) is 24.9 Å². The predicted molar refractivity (Wildman–Crippen MR) is 85.1 cm³/mol. The molecule has 0 saturated heterocycles. The molecule has 23 heavy (non-hydrogen) atoms. The minimum absolute atomic E-state index is 0.314. The maximum Gasteiger partial charge on any atom is 0.165 e. The lowest BCUT2D eigenvalue weighted by molar-refractivity contribution is 0.0564. The second-order valence-electron chi connectivity index (χ2n) is 5.83. The molecular weight excluding hydrogens is 297 g/mol. The van der Waals surface area contributed by atoms with Crippen molar-refractivity contribution in [2.75, 3.05) is 19.8 Å². The molecule has 0 saturated carbocycles. The molecule has 1 unspecified atom stereocenters. The van der Waals surface area contributed by atoms with Gasteiger partial charge in [0, 0.05) is 18.7 Å². The lowest BCUT2D eigenvalue weighted by Crippen LogP contribution is -2.35. The topological polar surface area (TPSA) is 50.7 Å². The van der Waals surface area contributed by atoms with Gasteiger partial charge in [-0.1, -0.05) is 24.3 Å². The average Bonchev–Trinajstić information content (AvgIpc) is 2.55. The number of hydrogen-bond donors (Lipinski definition) is 2. The fraction of sp³-hybridized carbons (Fsp3) is 0.333. The molecule has 3 rings (SSSR count). The highest BCUT2D eigenvalue weighted by atomic mass is 19.1. The summed E-state index contributed by atoms with van der Waals surface area (Å²) < 4.78 is 24.2. The Morgan fingerprint density at radius 3 is 2.65 bits per heavy atom. The van der Waals surface area contributed by atoms with Crippen LogP contribution >= 0.6 is 0 Å². The van der Waals surface area contributed by atoms with Crippen LogP contribution in [0.4, 0.5) is 4.39 Å². The molecule has 2 aromatic carbocycles. The molecular formula is C18H20FNO3. The molecule has 0 fully saturated rings. The molecule has 1 atom stereocenters. The monoisotopic (exact) mass is 317 g/mol. The molecule has 1 aliphatic heterocycles. The molecule has 0 amide bonds. The number of rotatable bonds is 5. The first-order chi connectivity index (χ1) is 11.1. The van der Waals surface area contributed by atoms with Gasteiger partial charge in [-0.2, -0.15) is 0 Å². The molecule has 5 heteroatoms. The fourth-order valence-corrected chi connectivity index (χ4v) is 2.62. The highest BCUT2D eigenvalue weighted by molar-refractivity contribution is 5.47. The third-order valence-electron chi connectivity index (χ3n) is 3.90. The minimum atomic E-state index is -1.08. The minimum Gasteiger partial charge on any atom is -0.486 e. The van der Waals surface area contributed by atoms with E-state index in [1.54, 1.807) is 19.1 Å². The maximum absolute atomic E-state index is 13.0. The van der Waals surface area contributed by atoms with E-state index in [-0.39, 0.29) is 5.82 Å². The molecule has 0 aromatic heterocycles. The smallest absolute Gasteiger partial charge is 0.165 e. The van der Waals surface area contributed by atoms with E-state index in [4.69, 9.17) is 9.47 Å². The van der Waals surface area contributed by atoms with E-state index in [1.807, 2.05) is 18.2 Å². The summed E-state index contributed by atoms with van der Waals surface area (Å²) in [4.78, 5) is 0. The summed E-state index contributed by atoms with van der Waals surface area (Å²) in [6.45, 7) is 3.68. The lowest BCUT2D eigenvalue weighted by Gasteiger charge is -2.25. The average molecular weight is 317 g/mol. The van der Waals surface area contributed by atoms with Crippen molar-refractivity contribution in [1.29, 1.82) is 0 Å². The number of hydrogen-bond acceptors (Lipinski definition) is 4. The fourth-order valence-electron chi connectivity index (χ4n) is 2.62. The van der Waals surface area contributed by atoms with Crippen LogP contribution < -0.4 is 14.8 Å². The second kappa shape index (κ2) is 6.56. The second-order valence-corrected chi connectivity index (χ2v) is 5.83. The van der Waals surface area contributed by atoms with Crippen LogP contribution in [0.5, 0.6) is 11.5 Å². The van der Waals surface area contributed by atoms with E-state index >= 15 is 0 Å². The zero-order valence-electron chi connectivity index (χ0n) is 13.0. The Bertz CT molecular complexity index is 670. The van der Waals surface area contributed by atoms with Gasteiger partial charge in [0.25, 0.3) is 0 Å². The summed E-state index contributed by atoms with van der Waals surface area (Å²) in [7, 11) is 0. The van der Waals surface area contributed by atoms with Gasteiger partial charge in [-0.05, 0) is 30.7 Å². The first-order valence-electron chi connectivity index (χ1n) is 7.63. The van der Waals surface area contributed by atoms with Crippen LogP contribution in [0.15, 0.2) is 42.5 Å². The maximum atomic E-state index is 13.0. The van der Waals surface area contributed by atoms with Crippen molar-refractivity contribution in [1.82, 2.24) is 5.32 Å². The molecule has 0 aliphatic carbocycles. The van der Waals surface area contributed by atoms with Crippen LogP contribution in [0.2, 0.25) is 0 Å². The number of halogens is 1. The number of aliphatic hydroxyl groups is 1. The zero-order valence-corrected chi connectivity index (χ0v) is 13.0. The van der Waals surface area contributed by atoms with Gasteiger partial charge in [0.2, 0.25) is 0 Å². The quantitative estimate of drug-likeness (QED) is 0.890. The van der Waals surface area contributed by atoms with E-state index in [0.717, 1.165) is 17.1 Å². The van der Waals surface area contributed by atoms with Gasteiger partial charge in [0.15, 0.2) is 11.5 Å². The Morgan fingerprint density at radius 2 is 1.87 bits per heavy atom. The number of fused-ring (bicyclic) bond motifs is 1. The van der Waals surface area contributed by atoms with E-state index in [2.05, 4.69) is 5.32 Å². The summed E-state index contributed by atoms with van der Waals surface area (Å²) in [5.74, 6) is 1.19. The van der Waals surface area contributed by atoms with Crippen molar-refractivity contribution in [3.8, 4) is 11.5 Å². The third kappa shape index (κ3) is 3.63. The SMILES string of the molecule is CC(O)(CNCc1cccc2c1OCCO2)c1ccc(F)cc1. The standard InChI is InChI=1S/C18H20FNO3/c1-18(21,14-5-7-15(19)8-6-14)12-20-11-13-3-2-4-16-17(13)23-10-9-22-16/h2-8,20-21H,9-12H2,1H3. The van der Waals surface area contributed by atoms with Crippen LogP contribution in [0.1, 0.15) is 18.1 Å². The van der Waals surface area contributed by atoms with Gasteiger partial charge < -0.3 is 19.9 Å². The summed E-state index contributed by atoms with van der Waals surface area (Å²) in [5, 5.41) is 13.8. The van der Waals surface area contributed by atoms with E-state index in [1.165, 1.54) is 12.1 Å². The third-order valence-corrected chi connectivity index (χ3v) is 3.90. The van der Waals surface area contributed by atoms with Gasteiger partial charge in [0.1, 0.15) is 19.0 Å². The van der Waals surface area contributed by atoms with Gasteiger partial charge in [-0.15, -0.1) is 0 Å². The van der Waals surface area contributed by atoms with Crippen molar-refractivity contribution in [2.24, 2.45) is 0 Å². The van der Waals surface area contributed by atoms with Crippen molar-refractivity contribution < 1.29 is 19.0 Å². The highest BCUT2D eigenvalue weighted by Crippen LogP contribution is 2.33. The van der Waals surface area contributed by atoms with Crippen LogP contribution in [0.3, 0.4) is 0 Å².